The van der Waals surface area contributed by atoms with E-state index >= 15 is 0 Å². The Hall–Kier alpha value is -2.76. The molecule has 0 bridgehead atoms. The summed E-state index contributed by atoms with van der Waals surface area (Å²) >= 11 is 0. The van der Waals surface area contributed by atoms with Gasteiger partial charge in [-0.05, 0) is 25.1 Å². The van der Waals surface area contributed by atoms with Crippen LogP contribution in [-0.4, -0.2) is 31.8 Å². The Morgan fingerprint density at radius 2 is 2.00 bits per heavy atom. The van der Waals surface area contributed by atoms with Crippen molar-refractivity contribution in [3.8, 4) is 28.8 Å². The van der Waals surface area contributed by atoms with Gasteiger partial charge in [-0.2, -0.15) is 4.98 Å². The number of ether oxygens (including phenoxy) is 1. The molecule has 2 heterocycles. The molecule has 0 atom stereocenters. The lowest BCUT2D eigenvalue weighted by atomic mass is 10.2. The second kappa shape index (κ2) is 4.73. The van der Waals surface area contributed by atoms with Crippen molar-refractivity contribution in [2.75, 3.05) is 6.61 Å². The number of imidazole rings is 1. The van der Waals surface area contributed by atoms with E-state index in [0.29, 0.717) is 29.5 Å². The second-order valence-corrected chi connectivity index (χ2v) is 4.24. The molecular formula is C14H13N3O3. The number of aromatic nitrogens is 3. The summed E-state index contributed by atoms with van der Waals surface area (Å²) in [6.07, 6.45) is 0. The molecule has 0 unspecified atom stereocenters. The van der Waals surface area contributed by atoms with Crippen LogP contribution in [0.5, 0.6) is 17.4 Å². The third-order valence-corrected chi connectivity index (χ3v) is 2.85. The average molecular weight is 271 g/mol. The number of H-pyrrole nitrogens is 1. The van der Waals surface area contributed by atoms with E-state index in [1.54, 1.807) is 12.1 Å². The number of benzene rings is 1. The zero-order valence-corrected chi connectivity index (χ0v) is 10.8. The maximum Gasteiger partial charge on any atom is 0.215 e. The standard InChI is InChI=1S/C14H13N3O3/c1-2-20-12-6-5-10-14(16-12)17-13(15-10)9-4-3-8(18)7-11(9)19/h3-7,18-19H,2H2,1H3,(H,15,16,17). The first kappa shape index (κ1) is 12.3. The van der Waals surface area contributed by atoms with Gasteiger partial charge in [-0.1, -0.05) is 0 Å². The summed E-state index contributed by atoms with van der Waals surface area (Å²) in [4.78, 5) is 11.7. The van der Waals surface area contributed by atoms with Crippen LogP contribution in [0.4, 0.5) is 0 Å². The lowest BCUT2D eigenvalue weighted by Crippen LogP contribution is -1.93. The van der Waals surface area contributed by atoms with Crippen molar-refractivity contribution in [1.82, 2.24) is 15.0 Å². The van der Waals surface area contributed by atoms with Crippen molar-refractivity contribution in [1.29, 1.82) is 0 Å². The molecular weight excluding hydrogens is 258 g/mol. The zero-order chi connectivity index (χ0) is 14.1. The van der Waals surface area contributed by atoms with Crippen molar-refractivity contribution in [3.05, 3.63) is 30.3 Å². The Morgan fingerprint density at radius 3 is 2.75 bits per heavy atom. The quantitative estimate of drug-likeness (QED) is 0.680. The fourth-order valence-corrected chi connectivity index (χ4v) is 1.95. The van der Waals surface area contributed by atoms with E-state index < -0.39 is 0 Å². The van der Waals surface area contributed by atoms with Crippen LogP contribution in [-0.2, 0) is 0 Å². The first-order chi connectivity index (χ1) is 9.67. The van der Waals surface area contributed by atoms with Crippen molar-refractivity contribution >= 4 is 11.2 Å². The number of phenols is 2. The fourth-order valence-electron chi connectivity index (χ4n) is 1.95. The number of phenolic OH excluding ortho intramolecular Hbond substituents is 2. The number of hydrogen-bond acceptors (Lipinski definition) is 5. The number of aromatic amines is 1. The van der Waals surface area contributed by atoms with Crippen molar-refractivity contribution in [2.45, 2.75) is 6.92 Å². The summed E-state index contributed by atoms with van der Waals surface area (Å²) in [5.41, 5.74) is 1.76. The van der Waals surface area contributed by atoms with Crippen LogP contribution in [0.1, 0.15) is 6.92 Å². The number of nitrogens with zero attached hydrogens (tertiary/aromatic N) is 2. The number of fused-ring (bicyclic) bond motifs is 1. The topological polar surface area (TPSA) is 91.3 Å². The molecule has 2 aromatic heterocycles. The molecule has 0 amide bonds. The van der Waals surface area contributed by atoms with E-state index in [2.05, 4.69) is 15.0 Å². The van der Waals surface area contributed by atoms with Gasteiger partial charge in [-0.3, -0.25) is 0 Å². The van der Waals surface area contributed by atoms with Crippen LogP contribution in [0.15, 0.2) is 30.3 Å². The van der Waals surface area contributed by atoms with Crippen LogP contribution in [0, 0.1) is 0 Å². The molecule has 0 aliphatic rings. The Balaban J connectivity index is 2.08. The van der Waals surface area contributed by atoms with Gasteiger partial charge < -0.3 is 19.9 Å². The van der Waals surface area contributed by atoms with Crippen molar-refractivity contribution in [2.24, 2.45) is 0 Å². The first-order valence-corrected chi connectivity index (χ1v) is 6.19. The predicted octanol–water partition coefficient (Wildman–Crippen LogP) is 2.43. The molecule has 1 aromatic carbocycles. The molecule has 0 aliphatic heterocycles. The smallest absolute Gasteiger partial charge is 0.215 e. The summed E-state index contributed by atoms with van der Waals surface area (Å²) < 4.78 is 5.32. The highest BCUT2D eigenvalue weighted by atomic mass is 16.5. The van der Waals surface area contributed by atoms with E-state index in [4.69, 9.17) is 4.74 Å². The molecule has 6 nitrogen and oxygen atoms in total. The van der Waals surface area contributed by atoms with Gasteiger partial charge in [0.2, 0.25) is 5.88 Å². The van der Waals surface area contributed by atoms with Crippen LogP contribution < -0.4 is 4.74 Å². The van der Waals surface area contributed by atoms with Crippen molar-refractivity contribution in [3.63, 3.8) is 0 Å². The normalized spacial score (nSPS) is 10.8. The number of nitrogens with one attached hydrogen (secondary N) is 1. The summed E-state index contributed by atoms with van der Waals surface area (Å²) in [5.74, 6) is 0.944. The minimum absolute atomic E-state index is 0.000817. The van der Waals surface area contributed by atoms with Crippen LogP contribution in [0.3, 0.4) is 0 Å². The van der Waals surface area contributed by atoms with E-state index in [1.165, 1.54) is 12.1 Å². The number of pyridine rings is 1. The molecule has 20 heavy (non-hydrogen) atoms. The summed E-state index contributed by atoms with van der Waals surface area (Å²) in [6.45, 7) is 2.42. The molecule has 0 saturated carbocycles. The summed E-state index contributed by atoms with van der Waals surface area (Å²) in [5, 5.41) is 19.1. The molecule has 0 aliphatic carbocycles. The lowest BCUT2D eigenvalue weighted by Gasteiger charge is -2.00. The molecule has 3 rings (SSSR count). The lowest BCUT2D eigenvalue weighted by molar-refractivity contribution is 0.328. The van der Waals surface area contributed by atoms with Gasteiger partial charge >= 0.3 is 0 Å². The van der Waals surface area contributed by atoms with Gasteiger partial charge in [0.1, 0.15) is 17.3 Å². The molecule has 3 N–H and O–H groups in total. The zero-order valence-electron chi connectivity index (χ0n) is 10.8. The maximum absolute atomic E-state index is 9.84. The third-order valence-electron chi connectivity index (χ3n) is 2.85. The average Bonchev–Trinajstić information content (AvgIpc) is 2.81. The highest BCUT2D eigenvalue weighted by Crippen LogP contribution is 2.31. The van der Waals surface area contributed by atoms with Gasteiger partial charge in [-0.15, -0.1) is 0 Å². The van der Waals surface area contributed by atoms with Crippen LogP contribution in [0.2, 0.25) is 0 Å². The first-order valence-electron chi connectivity index (χ1n) is 6.19. The number of aromatic hydroxyl groups is 2. The predicted molar refractivity (Wildman–Crippen MR) is 73.8 cm³/mol. The largest absolute Gasteiger partial charge is 0.508 e. The number of hydrogen-bond donors (Lipinski definition) is 3. The summed E-state index contributed by atoms with van der Waals surface area (Å²) in [7, 11) is 0. The van der Waals surface area contributed by atoms with Crippen molar-refractivity contribution < 1.29 is 14.9 Å². The molecule has 6 heteroatoms. The van der Waals surface area contributed by atoms with Crippen LogP contribution >= 0.6 is 0 Å². The molecule has 0 radical (unpaired) electrons. The monoisotopic (exact) mass is 271 g/mol. The minimum atomic E-state index is -0.0471. The highest BCUT2D eigenvalue weighted by Gasteiger charge is 2.11. The molecule has 0 saturated heterocycles. The Kier molecular flexibility index (Phi) is 2.90. The molecule has 3 aromatic rings. The van der Waals surface area contributed by atoms with Gasteiger partial charge in [0, 0.05) is 12.1 Å². The van der Waals surface area contributed by atoms with E-state index in [0.717, 1.165) is 5.52 Å². The van der Waals surface area contributed by atoms with E-state index in [9.17, 15) is 10.2 Å². The van der Waals surface area contributed by atoms with Crippen LogP contribution in [0.25, 0.3) is 22.6 Å². The molecule has 102 valence electrons. The third kappa shape index (κ3) is 2.11. The van der Waals surface area contributed by atoms with Gasteiger partial charge in [0.15, 0.2) is 5.65 Å². The second-order valence-electron chi connectivity index (χ2n) is 4.24. The Bertz CT molecular complexity index is 767. The minimum Gasteiger partial charge on any atom is -0.508 e. The SMILES string of the molecule is CCOc1ccc2[nH]c(-c3ccc(O)cc3O)nc2n1. The summed E-state index contributed by atoms with van der Waals surface area (Å²) in [6, 6.07) is 7.92. The van der Waals surface area contributed by atoms with E-state index in [-0.39, 0.29) is 11.5 Å². The van der Waals surface area contributed by atoms with E-state index in [1.807, 2.05) is 13.0 Å². The van der Waals surface area contributed by atoms with Gasteiger partial charge in [-0.25, -0.2) is 4.98 Å². The van der Waals surface area contributed by atoms with Gasteiger partial charge in [0.25, 0.3) is 0 Å². The molecule has 0 fully saturated rings. The Morgan fingerprint density at radius 1 is 1.15 bits per heavy atom. The molecule has 0 spiro atoms. The Labute approximate surface area is 114 Å². The highest BCUT2D eigenvalue weighted by molar-refractivity contribution is 5.78. The van der Waals surface area contributed by atoms with Gasteiger partial charge in [0.05, 0.1) is 17.7 Å². The number of rotatable bonds is 3. The fraction of sp³-hybridized carbons (Fsp3) is 0.143. The maximum atomic E-state index is 9.84.